The van der Waals surface area contributed by atoms with Gasteiger partial charge in [-0.05, 0) is 51.4 Å². The molecule has 0 spiro atoms. The van der Waals surface area contributed by atoms with Crippen LogP contribution < -0.4 is 5.73 Å². The maximum absolute atomic E-state index is 6.29. The van der Waals surface area contributed by atoms with E-state index in [2.05, 4.69) is 17.9 Å². The molecule has 3 nitrogen and oxygen atoms in total. The van der Waals surface area contributed by atoms with E-state index in [1.807, 2.05) is 13.0 Å². The number of nitrogens with two attached hydrogens (primary N) is 1. The molecule has 2 unspecified atom stereocenters. The second kappa shape index (κ2) is 5.69. The lowest BCUT2D eigenvalue weighted by atomic mass is 9.99. The van der Waals surface area contributed by atoms with E-state index in [4.69, 9.17) is 10.2 Å². The van der Waals surface area contributed by atoms with Gasteiger partial charge in [0.2, 0.25) is 0 Å². The fourth-order valence-corrected chi connectivity index (χ4v) is 2.69. The normalized spacial score (nSPS) is 21.4. The van der Waals surface area contributed by atoms with Crippen LogP contribution in [0.2, 0.25) is 0 Å². The Balaban J connectivity index is 2.17. The van der Waals surface area contributed by atoms with Crippen molar-refractivity contribution in [1.29, 1.82) is 0 Å². The van der Waals surface area contributed by atoms with Crippen molar-refractivity contribution in [3.8, 4) is 0 Å². The summed E-state index contributed by atoms with van der Waals surface area (Å²) in [6.07, 6.45) is 4.90. The smallest absolute Gasteiger partial charge is 0.122 e. The summed E-state index contributed by atoms with van der Waals surface area (Å²) in [6.45, 7) is 6.45. The van der Waals surface area contributed by atoms with Crippen LogP contribution in [0.15, 0.2) is 16.5 Å². The molecular formula is C14H24N2O. The van der Waals surface area contributed by atoms with Gasteiger partial charge in [-0.1, -0.05) is 13.3 Å². The molecule has 3 heteroatoms. The van der Waals surface area contributed by atoms with Crippen LogP contribution in [0.1, 0.15) is 50.2 Å². The third-order valence-corrected chi connectivity index (χ3v) is 3.71. The van der Waals surface area contributed by atoms with Gasteiger partial charge < -0.3 is 10.2 Å². The zero-order valence-corrected chi connectivity index (χ0v) is 11.0. The Bertz CT molecular complexity index is 342. The van der Waals surface area contributed by atoms with Crippen molar-refractivity contribution in [2.75, 3.05) is 13.1 Å². The maximum Gasteiger partial charge on any atom is 0.122 e. The highest BCUT2D eigenvalue weighted by Gasteiger charge is 2.29. The van der Waals surface area contributed by atoms with Gasteiger partial charge in [-0.15, -0.1) is 0 Å². The molecule has 2 heterocycles. The molecule has 1 aliphatic heterocycles. The lowest BCUT2D eigenvalue weighted by Crippen LogP contribution is -2.43. The highest BCUT2D eigenvalue weighted by Crippen LogP contribution is 2.29. The number of aryl methyl sites for hydroxylation is 1. The van der Waals surface area contributed by atoms with Crippen LogP contribution in [-0.4, -0.2) is 24.0 Å². The molecule has 1 saturated heterocycles. The minimum Gasteiger partial charge on any atom is -0.465 e. The molecule has 0 radical (unpaired) electrons. The first kappa shape index (κ1) is 12.7. The van der Waals surface area contributed by atoms with E-state index in [0.29, 0.717) is 0 Å². The fourth-order valence-electron chi connectivity index (χ4n) is 2.69. The van der Waals surface area contributed by atoms with Crippen molar-refractivity contribution < 1.29 is 4.42 Å². The van der Waals surface area contributed by atoms with Gasteiger partial charge in [0.25, 0.3) is 0 Å². The Morgan fingerprint density at radius 1 is 1.29 bits per heavy atom. The van der Waals surface area contributed by atoms with Gasteiger partial charge in [0.1, 0.15) is 11.5 Å². The van der Waals surface area contributed by atoms with E-state index in [1.54, 1.807) is 0 Å². The second-order valence-electron chi connectivity index (χ2n) is 5.06. The number of rotatable bonds is 4. The summed E-state index contributed by atoms with van der Waals surface area (Å²) in [4.78, 5) is 2.50. The van der Waals surface area contributed by atoms with Crippen molar-refractivity contribution in [3.63, 3.8) is 0 Å². The summed E-state index contributed by atoms with van der Waals surface area (Å²) in [5.41, 5.74) is 6.29. The van der Waals surface area contributed by atoms with Crippen molar-refractivity contribution >= 4 is 0 Å². The highest BCUT2D eigenvalue weighted by molar-refractivity contribution is 5.12. The monoisotopic (exact) mass is 236 g/mol. The van der Waals surface area contributed by atoms with Gasteiger partial charge in [-0.25, -0.2) is 0 Å². The Labute approximate surface area is 104 Å². The molecular weight excluding hydrogens is 212 g/mol. The number of nitrogens with zero attached hydrogens (tertiary/aromatic N) is 1. The molecule has 2 N–H and O–H groups in total. The molecule has 17 heavy (non-hydrogen) atoms. The Hall–Kier alpha value is -0.800. The van der Waals surface area contributed by atoms with Gasteiger partial charge in [0.15, 0.2) is 0 Å². The SMILES string of the molecule is CCC(N)C(c1ccc(C)o1)N1CCCCC1. The Morgan fingerprint density at radius 3 is 2.53 bits per heavy atom. The number of hydrogen-bond donors (Lipinski definition) is 1. The number of piperidine rings is 1. The molecule has 0 aliphatic carbocycles. The molecule has 0 aromatic carbocycles. The van der Waals surface area contributed by atoms with Gasteiger partial charge in [-0.2, -0.15) is 0 Å². The van der Waals surface area contributed by atoms with Crippen molar-refractivity contribution in [2.24, 2.45) is 5.73 Å². The van der Waals surface area contributed by atoms with Crippen LogP contribution in [0.4, 0.5) is 0 Å². The predicted octanol–water partition coefficient (Wildman–Crippen LogP) is 2.85. The van der Waals surface area contributed by atoms with E-state index >= 15 is 0 Å². The molecule has 1 aliphatic rings. The largest absolute Gasteiger partial charge is 0.465 e. The van der Waals surface area contributed by atoms with Crippen LogP contribution in [0.25, 0.3) is 0 Å². The Morgan fingerprint density at radius 2 is 2.00 bits per heavy atom. The zero-order chi connectivity index (χ0) is 12.3. The molecule has 1 aromatic heterocycles. The first-order valence-corrected chi connectivity index (χ1v) is 6.78. The molecule has 2 atom stereocenters. The molecule has 1 fully saturated rings. The van der Waals surface area contributed by atoms with Crippen LogP contribution in [-0.2, 0) is 0 Å². The average Bonchev–Trinajstić information content (AvgIpc) is 2.77. The zero-order valence-electron chi connectivity index (χ0n) is 11.0. The van der Waals surface area contributed by atoms with E-state index in [1.165, 1.54) is 19.3 Å². The van der Waals surface area contributed by atoms with Gasteiger partial charge in [0.05, 0.1) is 6.04 Å². The van der Waals surface area contributed by atoms with Crippen molar-refractivity contribution in [3.05, 3.63) is 23.7 Å². The van der Waals surface area contributed by atoms with Crippen molar-refractivity contribution in [2.45, 2.75) is 51.6 Å². The van der Waals surface area contributed by atoms with Gasteiger partial charge >= 0.3 is 0 Å². The van der Waals surface area contributed by atoms with E-state index in [9.17, 15) is 0 Å². The number of likely N-dealkylation sites (tertiary alicyclic amines) is 1. The van der Waals surface area contributed by atoms with E-state index < -0.39 is 0 Å². The first-order valence-electron chi connectivity index (χ1n) is 6.78. The van der Waals surface area contributed by atoms with Crippen LogP contribution in [0.5, 0.6) is 0 Å². The number of furan rings is 1. The topological polar surface area (TPSA) is 42.4 Å². The average molecular weight is 236 g/mol. The summed E-state index contributed by atoms with van der Waals surface area (Å²) in [5.74, 6) is 2.02. The van der Waals surface area contributed by atoms with Gasteiger partial charge in [-0.3, -0.25) is 4.90 Å². The first-order chi connectivity index (χ1) is 8.22. The standard InChI is InChI=1S/C14H24N2O/c1-3-12(15)14(13-8-7-11(2)17-13)16-9-5-4-6-10-16/h7-8,12,14H,3-6,9-10,15H2,1-2H3. The second-order valence-corrected chi connectivity index (χ2v) is 5.06. The molecule has 1 aromatic rings. The third-order valence-electron chi connectivity index (χ3n) is 3.71. The van der Waals surface area contributed by atoms with Crippen LogP contribution >= 0.6 is 0 Å². The van der Waals surface area contributed by atoms with Crippen LogP contribution in [0, 0.1) is 6.92 Å². The quantitative estimate of drug-likeness (QED) is 0.874. The maximum atomic E-state index is 6.29. The Kier molecular flexibility index (Phi) is 4.24. The molecule has 0 bridgehead atoms. The van der Waals surface area contributed by atoms with E-state index in [-0.39, 0.29) is 12.1 Å². The molecule has 2 rings (SSSR count). The molecule has 0 amide bonds. The van der Waals surface area contributed by atoms with E-state index in [0.717, 1.165) is 31.0 Å². The lowest BCUT2D eigenvalue weighted by Gasteiger charge is -2.36. The van der Waals surface area contributed by atoms with Crippen LogP contribution in [0.3, 0.4) is 0 Å². The number of hydrogen-bond acceptors (Lipinski definition) is 3. The summed E-state index contributed by atoms with van der Waals surface area (Å²) in [5, 5.41) is 0. The molecule has 96 valence electrons. The third kappa shape index (κ3) is 2.90. The van der Waals surface area contributed by atoms with Gasteiger partial charge in [0, 0.05) is 6.04 Å². The summed E-state index contributed by atoms with van der Waals surface area (Å²) >= 11 is 0. The predicted molar refractivity (Wildman–Crippen MR) is 69.9 cm³/mol. The van der Waals surface area contributed by atoms with Crippen molar-refractivity contribution in [1.82, 2.24) is 4.90 Å². The minimum absolute atomic E-state index is 0.165. The summed E-state index contributed by atoms with van der Waals surface area (Å²) < 4.78 is 5.80. The summed E-state index contributed by atoms with van der Waals surface area (Å²) in [6, 6.07) is 4.55. The molecule has 0 saturated carbocycles. The fraction of sp³-hybridized carbons (Fsp3) is 0.714. The minimum atomic E-state index is 0.165. The highest BCUT2D eigenvalue weighted by atomic mass is 16.3. The lowest BCUT2D eigenvalue weighted by molar-refractivity contribution is 0.122. The summed E-state index contributed by atoms with van der Waals surface area (Å²) in [7, 11) is 0.